The van der Waals surface area contributed by atoms with Crippen LogP contribution in [0.2, 0.25) is 0 Å². The normalized spacial score (nSPS) is 13.2. The van der Waals surface area contributed by atoms with Crippen molar-refractivity contribution in [1.29, 1.82) is 0 Å². The lowest BCUT2D eigenvalue weighted by atomic mass is 10.1. The van der Waals surface area contributed by atoms with E-state index in [-0.39, 0.29) is 11.8 Å². The fourth-order valence-electron chi connectivity index (χ4n) is 3.36. The van der Waals surface area contributed by atoms with Crippen LogP contribution in [0.5, 0.6) is 0 Å². The number of carbonyl (C=O) groups is 2. The Morgan fingerprint density at radius 2 is 1.86 bits per heavy atom. The second-order valence-corrected chi connectivity index (χ2v) is 7.03. The van der Waals surface area contributed by atoms with Gasteiger partial charge < -0.3 is 10.6 Å². The van der Waals surface area contributed by atoms with Crippen LogP contribution in [-0.4, -0.2) is 28.6 Å². The average molecular weight is 374 g/mol. The molecule has 2 amide bonds. The molecule has 1 heterocycles. The number of hydrogen-bond acceptors (Lipinski definition) is 3. The second-order valence-electron chi connectivity index (χ2n) is 7.03. The maximum absolute atomic E-state index is 13.0. The smallest absolute Gasteiger partial charge is 0.259 e. The highest BCUT2D eigenvalue weighted by molar-refractivity contribution is 6.06. The van der Waals surface area contributed by atoms with Crippen molar-refractivity contribution in [3.8, 4) is 5.69 Å². The number of nitrogens with one attached hydrogen (secondary N) is 2. The number of amides is 2. The molecule has 1 fully saturated rings. The van der Waals surface area contributed by atoms with Crippen LogP contribution in [-0.2, 0) is 0 Å². The molecule has 0 aliphatic heterocycles. The topological polar surface area (TPSA) is 76.0 Å². The van der Waals surface area contributed by atoms with Crippen LogP contribution in [0.15, 0.2) is 54.7 Å². The molecule has 1 aliphatic rings. The number of nitrogens with zero attached hydrogens (tertiary/aromatic N) is 2. The first-order valence-corrected chi connectivity index (χ1v) is 9.36. The van der Waals surface area contributed by atoms with Gasteiger partial charge in [0.25, 0.3) is 11.8 Å². The van der Waals surface area contributed by atoms with Crippen molar-refractivity contribution >= 4 is 17.5 Å². The van der Waals surface area contributed by atoms with Gasteiger partial charge in [-0.1, -0.05) is 24.3 Å². The molecule has 1 aliphatic carbocycles. The van der Waals surface area contributed by atoms with E-state index in [2.05, 4.69) is 15.7 Å². The van der Waals surface area contributed by atoms with E-state index in [1.54, 1.807) is 37.5 Å². The van der Waals surface area contributed by atoms with E-state index in [1.165, 1.54) is 0 Å². The van der Waals surface area contributed by atoms with Gasteiger partial charge in [0.05, 0.1) is 23.1 Å². The standard InChI is InChI=1S/C22H22N4O2/c1-14-6-3-4-9-19(14)26-20(15-10-11-15)18(13-24-26)22(28)25-17-8-5-7-16(12-17)21(27)23-2/h3-9,12-13,15H,10-11H2,1-2H3,(H,23,27)(H,25,28). The third-order valence-corrected chi connectivity index (χ3v) is 4.97. The van der Waals surface area contributed by atoms with Crippen LogP contribution < -0.4 is 10.6 Å². The van der Waals surface area contributed by atoms with E-state index in [0.717, 1.165) is 29.8 Å². The Hall–Kier alpha value is -3.41. The number of benzene rings is 2. The van der Waals surface area contributed by atoms with Crippen molar-refractivity contribution in [2.45, 2.75) is 25.7 Å². The predicted octanol–water partition coefficient (Wildman–Crippen LogP) is 3.67. The molecule has 0 bridgehead atoms. The Balaban J connectivity index is 1.66. The molecule has 0 unspecified atom stereocenters. The van der Waals surface area contributed by atoms with E-state index < -0.39 is 0 Å². The Morgan fingerprint density at radius 1 is 1.07 bits per heavy atom. The summed E-state index contributed by atoms with van der Waals surface area (Å²) in [5, 5.41) is 10.0. The quantitative estimate of drug-likeness (QED) is 0.715. The van der Waals surface area contributed by atoms with Gasteiger partial charge in [0.2, 0.25) is 0 Å². The van der Waals surface area contributed by atoms with Crippen LogP contribution >= 0.6 is 0 Å². The number of carbonyl (C=O) groups excluding carboxylic acids is 2. The molecular weight excluding hydrogens is 352 g/mol. The third-order valence-electron chi connectivity index (χ3n) is 4.97. The third kappa shape index (κ3) is 3.41. The molecule has 1 aromatic heterocycles. The number of rotatable bonds is 5. The molecule has 28 heavy (non-hydrogen) atoms. The van der Waals surface area contributed by atoms with Gasteiger partial charge >= 0.3 is 0 Å². The van der Waals surface area contributed by atoms with Crippen molar-refractivity contribution in [1.82, 2.24) is 15.1 Å². The zero-order valence-electron chi connectivity index (χ0n) is 15.9. The molecule has 4 rings (SSSR count). The number of hydrogen-bond donors (Lipinski definition) is 2. The SMILES string of the molecule is CNC(=O)c1cccc(NC(=O)c2cnn(-c3ccccc3C)c2C2CC2)c1. The molecule has 142 valence electrons. The molecule has 0 atom stereocenters. The first-order chi connectivity index (χ1) is 13.6. The van der Waals surface area contributed by atoms with E-state index in [0.29, 0.717) is 22.7 Å². The Kier molecular flexibility index (Phi) is 4.69. The van der Waals surface area contributed by atoms with Crippen LogP contribution in [0.4, 0.5) is 5.69 Å². The Bertz CT molecular complexity index is 1050. The number of para-hydroxylation sites is 1. The molecule has 0 spiro atoms. The minimum Gasteiger partial charge on any atom is -0.355 e. The van der Waals surface area contributed by atoms with Crippen molar-refractivity contribution < 1.29 is 9.59 Å². The van der Waals surface area contributed by atoms with Crippen molar-refractivity contribution in [3.63, 3.8) is 0 Å². The average Bonchev–Trinajstić information content (AvgIpc) is 3.46. The summed E-state index contributed by atoms with van der Waals surface area (Å²) in [6, 6.07) is 14.9. The summed E-state index contributed by atoms with van der Waals surface area (Å²) in [7, 11) is 1.58. The number of aromatic nitrogens is 2. The minimum atomic E-state index is -0.212. The van der Waals surface area contributed by atoms with E-state index >= 15 is 0 Å². The summed E-state index contributed by atoms with van der Waals surface area (Å²) in [6.45, 7) is 2.04. The first-order valence-electron chi connectivity index (χ1n) is 9.36. The summed E-state index contributed by atoms with van der Waals surface area (Å²) < 4.78 is 1.89. The Labute approximate surface area is 163 Å². The van der Waals surface area contributed by atoms with Crippen molar-refractivity contribution in [2.75, 3.05) is 12.4 Å². The first kappa shape index (κ1) is 18.0. The van der Waals surface area contributed by atoms with Crippen LogP contribution in [0.25, 0.3) is 5.69 Å². The van der Waals surface area contributed by atoms with Gasteiger partial charge in [-0.25, -0.2) is 4.68 Å². The molecule has 3 aromatic rings. The van der Waals surface area contributed by atoms with E-state index in [9.17, 15) is 9.59 Å². The highest BCUT2D eigenvalue weighted by Gasteiger charge is 2.33. The van der Waals surface area contributed by atoms with Crippen LogP contribution in [0, 0.1) is 6.92 Å². The number of anilines is 1. The lowest BCUT2D eigenvalue weighted by Crippen LogP contribution is -2.18. The van der Waals surface area contributed by atoms with Gasteiger partial charge in [-0.15, -0.1) is 0 Å². The molecular formula is C22H22N4O2. The maximum Gasteiger partial charge on any atom is 0.259 e. The molecule has 0 radical (unpaired) electrons. The summed E-state index contributed by atoms with van der Waals surface area (Å²) in [5.74, 6) is -0.0574. The molecule has 2 aromatic carbocycles. The zero-order chi connectivity index (χ0) is 19.7. The van der Waals surface area contributed by atoms with Gasteiger partial charge in [0.1, 0.15) is 0 Å². The largest absolute Gasteiger partial charge is 0.355 e. The van der Waals surface area contributed by atoms with Crippen LogP contribution in [0.1, 0.15) is 50.7 Å². The maximum atomic E-state index is 13.0. The molecule has 0 saturated heterocycles. The minimum absolute atomic E-state index is 0.192. The summed E-state index contributed by atoms with van der Waals surface area (Å²) in [4.78, 5) is 24.8. The zero-order valence-corrected chi connectivity index (χ0v) is 15.9. The van der Waals surface area contributed by atoms with Crippen molar-refractivity contribution in [3.05, 3.63) is 77.1 Å². The number of aryl methyl sites for hydroxylation is 1. The van der Waals surface area contributed by atoms with Crippen molar-refractivity contribution in [2.24, 2.45) is 0 Å². The van der Waals surface area contributed by atoms with Gasteiger partial charge in [-0.05, 0) is 49.6 Å². The van der Waals surface area contributed by atoms with Crippen LogP contribution in [0.3, 0.4) is 0 Å². The summed E-state index contributed by atoms with van der Waals surface area (Å²) >= 11 is 0. The summed E-state index contributed by atoms with van der Waals surface area (Å²) in [5.41, 5.74) is 4.71. The molecule has 2 N–H and O–H groups in total. The summed E-state index contributed by atoms with van der Waals surface area (Å²) in [6.07, 6.45) is 3.76. The van der Waals surface area contributed by atoms with Gasteiger partial charge in [-0.3, -0.25) is 9.59 Å². The molecule has 1 saturated carbocycles. The predicted molar refractivity (Wildman–Crippen MR) is 108 cm³/mol. The second kappa shape index (κ2) is 7.31. The fourth-order valence-corrected chi connectivity index (χ4v) is 3.36. The fraction of sp³-hybridized carbons (Fsp3) is 0.227. The van der Waals surface area contributed by atoms with E-state index in [4.69, 9.17) is 0 Å². The highest BCUT2D eigenvalue weighted by atomic mass is 16.2. The molecule has 6 heteroatoms. The lowest BCUT2D eigenvalue weighted by Gasteiger charge is -2.12. The monoisotopic (exact) mass is 374 g/mol. The lowest BCUT2D eigenvalue weighted by molar-refractivity contribution is 0.0961. The van der Waals surface area contributed by atoms with Gasteiger partial charge in [-0.2, -0.15) is 5.10 Å². The van der Waals surface area contributed by atoms with Gasteiger partial charge in [0, 0.05) is 24.2 Å². The Morgan fingerprint density at radius 3 is 2.57 bits per heavy atom. The molecule has 6 nitrogen and oxygen atoms in total. The highest BCUT2D eigenvalue weighted by Crippen LogP contribution is 2.42. The van der Waals surface area contributed by atoms with E-state index in [1.807, 2.05) is 35.9 Å². The van der Waals surface area contributed by atoms with Gasteiger partial charge in [0.15, 0.2) is 0 Å².